The van der Waals surface area contributed by atoms with E-state index in [0.717, 1.165) is 28.6 Å². The van der Waals surface area contributed by atoms with Crippen molar-refractivity contribution in [2.24, 2.45) is 11.1 Å². The molecule has 0 aliphatic carbocycles. The first-order chi connectivity index (χ1) is 9.01. The Labute approximate surface area is 114 Å². The van der Waals surface area contributed by atoms with Crippen molar-refractivity contribution in [3.8, 4) is 5.75 Å². The van der Waals surface area contributed by atoms with E-state index < -0.39 is 0 Å². The van der Waals surface area contributed by atoms with Crippen LogP contribution in [0.25, 0.3) is 10.9 Å². The summed E-state index contributed by atoms with van der Waals surface area (Å²) in [7, 11) is 0. The lowest BCUT2D eigenvalue weighted by Gasteiger charge is -2.19. The van der Waals surface area contributed by atoms with Crippen molar-refractivity contribution >= 4 is 10.9 Å². The minimum atomic E-state index is 0.270. The van der Waals surface area contributed by atoms with Gasteiger partial charge in [0.15, 0.2) is 0 Å². The van der Waals surface area contributed by atoms with Gasteiger partial charge >= 0.3 is 0 Å². The SMILES string of the molecule is CC(C)(C)CCOc1c(CN)cnc2ccccc12. The van der Waals surface area contributed by atoms with Crippen LogP contribution in [0.5, 0.6) is 5.75 Å². The molecule has 2 rings (SSSR count). The topological polar surface area (TPSA) is 48.1 Å². The van der Waals surface area contributed by atoms with Gasteiger partial charge in [0, 0.05) is 23.7 Å². The molecule has 2 aromatic rings. The fraction of sp³-hybridized carbons (Fsp3) is 0.438. The van der Waals surface area contributed by atoms with Crippen LogP contribution in [0.2, 0.25) is 0 Å². The van der Waals surface area contributed by atoms with Crippen molar-refractivity contribution in [1.29, 1.82) is 0 Å². The Kier molecular flexibility index (Phi) is 4.05. The predicted molar refractivity (Wildman–Crippen MR) is 79.2 cm³/mol. The molecule has 0 atom stereocenters. The molecule has 0 aliphatic heterocycles. The molecule has 1 heterocycles. The Morgan fingerprint density at radius 1 is 1.21 bits per heavy atom. The van der Waals surface area contributed by atoms with E-state index in [4.69, 9.17) is 10.5 Å². The lowest BCUT2D eigenvalue weighted by atomic mass is 9.93. The highest BCUT2D eigenvalue weighted by molar-refractivity contribution is 5.86. The Morgan fingerprint density at radius 2 is 1.95 bits per heavy atom. The maximum absolute atomic E-state index is 6.00. The Morgan fingerprint density at radius 3 is 2.63 bits per heavy atom. The van der Waals surface area contributed by atoms with Gasteiger partial charge in [-0.25, -0.2) is 0 Å². The Bertz CT molecular complexity index is 558. The van der Waals surface area contributed by atoms with Gasteiger partial charge in [0.05, 0.1) is 12.1 Å². The fourth-order valence-corrected chi connectivity index (χ4v) is 1.93. The molecule has 19 heavy (non-hydrogen) atoms. The van der Waals surface area contributed by atoms with E-state index in [-0.39, 0.29) is 5.41 Å². The van der Waals surface area contributed by atoms with Crippen LogP contribution in [0.4, 0.5) is 0 Å². The van der Waals surface area contributed by atoms with E-state index in [1.165, 1.54) is 0 Å². The van der Waals surface area contributed by atoms with Gasteiger partial charge in [-0.3, -0.25) is 4.98 Å². The van der Waals surface area contributed by atoms with Crippen LogP contribution in [0.3, 0.4) is 0 Å². The van der Waals surface area contributed by atoms with Gasteiger partial charge in [-0.1, -0.05) is 32.9 Å². The second-order valence-corrected chi connectivity index (χ2v) is 5.99. The minimum absolute atomic E-state index is 0.270. The first-order valence-corrected chi connectivity index (χ1v) is 6.71. The summed E-state index contributed by atoms with van der Waals surface area (Å²) >= 11 is 0. The molecule has 0 radical (unpaired) electrons. The molecule has 0 bridgehead atoms. The molecule has 3 heteroatoms. The predicted octanol–water partition coefficient (Wildman–Crippen LogP) is 3.51. The standard InChI is InChI=1S/C16H22N2O/c1-16(2,3)8-9-19-15-12(10-17)11-18-14-7-5-4-6-13(14)15/h4-7,11H,8-10,17H2,1-3H3. The van der Waals surface area contributed by atoms with Crippen molar-refractivity contribution in [1.82, 2.24) is 4.98 Å². The van der Waals surface area contributed by atoms with Crippen molar-refractivity contribution in [3.05, 3.63) is 36.0 Å². The summed E-state index contributed by atoms with van der Waals surface area (Å²) in [4.78, 5) is 4.41. The van der Waals surface area contributed by atoms with Gasteiger partial charge in [0.2, 0.25) is 0 Å². The van der Waals surface area contributed by atoms with Crippen molar-refractivity contribution in [3.63, 3.8) is 0 Å². The molecule has 0 saturated heterocycles. The Hall–Kier alpha value is -1.61. The summed E-state index contributed by atoms with van der Waals surface area (Å²) < 4.78 is 6.00. The minimum Gasteiger partial charge on any atom is -0.492 e. The smallest absolute Gasteiger partial charge is 0.134 e. The van der Waals surface area contributed by atoms with Crippen molar-refractivity contribution < 1.29 is 4.74 Å². The number of para-hydroxylation sites is 1. The zero-order chi connectivity index (χ0) is 13.9. The molecule has 3 nitrogen and oxygen atoms in total. The highest BCUT2D eigenvalue weighted by Gasteiger charge is 2.13. The number of ether oxygens (including phenoxy) is 1. The lowest BCUT2D eigenvalue weighted by molar-refractivity contribution is 0.243. The van der Waals surface area contributed by atoms with Gasteiger partial charge < -0.3 is 10.5 Å². The number of hydrogen-bond acceptors (Lipinski definition) is 3. The third-order valence-corrected chi connectivity index (χ3v) is 3.12. The third kappa shape index (κ3) is 3.44. The van der Waals surface area contributed by atoms with Crippen LogP contribution in [0.1, 0.15) is 32.8 Å². The fourth-order valence-electron chi connectivity index (χ4n) is 1.93. The number of nitrogens with two attached hydrogens (primary N) is 1. The summed E-state index contributed by atoms with van der Waals surface area (Å²) in [6.45, 7) is 7.79. The number of benzene rings is 1. The summed E-state index contributed by atoms with van der Waals surface area (Å²) in [5, 5.41) is 1.04. The molecular formula is C16H22N2O. The van der Waals surface area contributed by atoms with E-state index in [9.17, 15) is 0 Å². The zero-order valence-electron chi connectivity index (χ0n) is 11.9. The van der Waals surface area contributed by atoms with Gasteiger partial charge in [-0.2, -0.15) is 0 Å². The molecular weight excluding hydrogens is 236 g/mol. The molecule has 0 amide bonds. The highest BCUT2D eigenvalue weighted by Crippen LogP contribution is 2.29. The molecule has 0 aliphatic rings. The first-order valence-electron chi connectivity index (χ1n) is 6.71. The maximum Gasteiger partial charge on any atom is 0.134 e. The molecule has 1 aromatic carbocycles. The van der Waals surface area contributed by atoms with Gasteiger partial charge in [-0.05, 0) is 24.0 Å². The second kappa shape index (κ2) is 5.57. The molecule has 0 spiro atoms. The van der Waals surface area contributed by atoms with E-state index in [0.29, 0.717) is 13.2 Å². The monoisotopic (exact) mass is 258 g/mol. The summed E-state index contributed by atoms with van der Waals surface area (Å²) in [5.41, 5.74) is 7.96. The molecule has 0 saturated carbocycles. The molecule has 102 valence electrons. The van der Waals surface area contributed by atoms with E-state index in [2.05, 4.69) is 25.8 Å². The molecule has 0 fully saturated rings. The van der Waals surface area contributed by atoms with E-state index >= 15 is 0 Å². The van der Waals surface area contributed by atoms with Gasteiger partial charge in [0.1, 0.15) is 5.75 Å². The average Bonchev–Trinajstić information content (AvgIpc) is 2.37. The number of fused-ring (bicyclic) bond motifs is 1. The lowest BCUT2D eigenvalue weighted by Crippen LogP contribution is -2.12. The second-order valence-electron chi connectivity index (χ2n) is 5.99. The summed E-state index contributed by atoms with van der Waals surface area (Å²) in [5.74, 6) is 0.886. The highest BCUT2D eigenvalue weighted by atomic mass is 16.5. The zero-order valence-corrected chi connectivity index (χ0v) is 11.9. The molecule has 2 N–H and O–H groups in total. The van der Waals surface area contributed by atoms with Gasteiger partial charge in [0.25, 0.3) is 0 Å². The van der Waals surface area contributed by atoms with Crippen LogP contribution >= 0.6 is 0 Å². The number of pyridine rings is 1. The number of nitrogens with zero attached hydrogens (tertiary/aromatic N) is 1. The Balaban J connectivity index is 2.29. The quantitative estimate of drug-likeness (QED) is 0.913. The van der Waals surface area contributed by atoms with Gasteiger partial charge in [-0.15, -0.1) is 0 Å². The average molecular weight is 258 g/mol. The third-order valence-electron chi connectivity index (χ3n) is 3.12. The van der Waals surface area contributed by atoms with Crippen LogP contribution < -0.4 is 10.5 Å². The largest absolute Gasteiger partial charge is 0.492 e. The normalized spacial score (nSPS) is 11.8. The maximum atomic E-state index is 6.00. The summed E-state index contributed by atoms with van der Waals surface area (Å²) in [6.07, 6.45) is 2.82. The van der Waals surface area contributed by atoms with E-state index in [1.54, 1.807) is 0 Å². The van der Waals surface area contributed by atoms with E-state index in [1.807, 2.05) is 30.5 Å². The molecule has 1 aromatic heterocycles. The van der Waals surface area contributed by atoms with Crippen LogP contribution in [0.15, 0.2) is 30.5 Å². The number of rotatable bonds is 4. The molecule has 0 unspecified atom stereocenters. The van der Waals surface area contributed by atoms with Crippen LogP contribution in [-0.4, -0.2) is 11.6 Å². The van der Waals surface area contributed by atoms with Crippen molar-refractivity contribution in [2.45, 2.75) is 33.7 Å². The summed E-state index contributed by atoms with van der Waals surface area (Å²) in [6, 6.07) is 8.01. The number of hydrogen-bond donors (Lipinski definition) is 1. The van der Waals surface area contributed by atoms with Crippen LogP contribution in [-0.2, 0) is 6.54 Å². The number of aromatic nitrogens is 1. The van der Waals surface area contributed by atoms with Crippen molar-refractivity contribution in [2.75, 3.05) is 6.61 Å². The van der Waals surface area contributed by atoms with Crippen LogP contribution in [0, 0.1) is 5.41 Å². The first kappa shape index (κ1) is 13.8.